The van der Waals surface area contributed by atoms with E-state index in [0.717, 1.165) is 18.7 Å². The molecule has 3 N–H and O–H groups in total. The number of nitrogens with one attached hydrogen (secondary N) is 2. The fraction of sp³-hybridized carbons (Fsp3) is 0.400. The Hall–Kier alpha value is -2.07. The normalized spacial score (nSPS) is 14.7. The van der Waals surface area contributed by atoms with Gasteiger partial charge in [0.1, 0.15) is 17.6 Å². The number of guanidine groups is 1. The first kappa shape index (κ1) is 22.2. The number of rotatable bonds is 5. The molecule has 0 spiro atoms. The molecule has 0 fully saturated rings. The lowest BCUT2D eigenvalue weighted by Gasteiger charge is -2.29. The van der Waals surface area contributed by atoms with Crippen molar-refractivity contribution in [3.63, 3.8) is 0 Å². The first-order valence-electron chi connectivity index (χ1n) is 9.10. The van der Waals surface area contributed by atoms with Crippen LogP contribution in [0.15, 0.2) is 45.8 Å². The van der Waals surface area contributed by atoms with E-state index in [1.165, 1.54) is 11.1 Å². The number of carbonyl (C=O) groups is 1. The highest BCUT2D eigenvalue weighted by Gasteiger charge is 2.20. The lowest BCUT2D eigenvalue weighted by atomic mass is 10.00. The van der Waals surface area contributed by atoms with Gasteiger partial charge in [-0.3, -0.25) is 9.79 Å². The quantitative estimate of drug-likeness (QED) is 0.334. The SMILES string of the molecule is CN=C(NCC(=O)N1CCc2ccccc2C1)NCC(O)c1ccc(C)o1.I. The van der Waals surface area contributed by atoms with Crippen LogP contribution in [0.25, 0.3) is 0 Å². The van der Waals surface area contributed by atoms with E-state index in [1.54, 1.807) is 19.2 Å². The molecule has 0 radical (unpaired) electrons. The molecule has 1 aromatic heterocycles. The van der Waals surface area contributed by atoms with E-state index < -0.39 is 6.10 Å². The van der Waals surface area contributed by atoms with Crippen molar-refractivity contribution in [2.24, 2.45) is 4.99 Å². The number of halogens is 1. The van der Waals surface area contributed by atoms with Crippen LogP contribution in [-0.2, 0) is 17.8 Å². The third-order valence-corrected chi connectivity index (χ3v) is 4.67. The molecule has 1 aliphatic rings. The Labute approximate surface area is 182 Å². The predicted molar refractivity (Wildman–Crippen MR) is 119 cm³/mol. The van der Waals surface area contributed by atoms with Crippen molar-refractivity contribution in [1.82, 2.24) is 15.5 Å². The second kappa shape index (κ2) is 10.5. The summed E-state index contributed by atoms with van der Waals surface area (Å²) in [6.45, 7) is 3.57. The number of hydrogen-bond donors (Lipinski definition) is 3. The standard InChI is InChI=1S/C20H26N4O3.HI/c1-14-7-8-18(27-14)17(25)11-22-20(21-2)23-12-19(26)24-10-9-15-5-3-4-6-16(15)13-24;/h3-8,17,25H,9-13H2,1-2H3,(H2,21,22,23);1H. The van der Waals surface area contributed by atoms with Crippen LogP contribution in [0.2, 0.25) is 0 Å². The Morgan fingerprint density at radius 2 is 2.00 bits per heavy atom. The number of hydrogen-bond acceptors (Lipinski definition) is 4. The number of amides is 1. The lowest BCUT2D eigenvalue weighted by Crippen LogP contribution is -2.46. The van der Waals surface area contributed by atoms with Gasteiger partial charge in [-0.15, -0.1) is 24.0 Å². The number of aliphatic imine (C=N–C) groups is 1. The van der Waals surface area contributed by atoms with E-state index in [4.69, 9.17) is 4.42 Å². The Kier molecular flexibility index (Phi) is 8.31. The van der Waals surface area contributed by atoms with Gasteiger partial charge in [-0.25, -0.2) is 0 Å². The number of carbonyl (C=O) groups excluding carboxylic acids is 1. The van der Waals surface area contributed by atoms with Crippen LogP contribution >= 0.6 is 24.0 Å². The van der Waals surface area contributed by atoms with Crippen molar-refractivity contribution < 1.29 is 14.3 Å². The predicted octanol–water partition coefficient (Wildman–Crippen LogP) is 1.99. The molecule has 7 nitrogen and oxygen atoms in total. The average Bonchev–Trinajstić information content (AvgIpc) is 3.13. The third kappa shape index (κ3) is 5.71. The van der Waals surface area contributed by atoms with Crippen LogP contribution in [0.3, 0.4) is 0 Å². The summed E-state index contributed by atoms with van der Waals surface area (Å²) in [5, 5.41) is 16.2. The minimum absolute atomic E-state index is 0. The van der Waals surface area contributed by atoms with Gasteiger partial charge in [0.25, 0.3) is 0 Å². The summed E-state index contributed by atoms with van der Waals surface area (Å²) >= 11 is 0. The van der Waals surface area contributed by atoms with Gasteiger partial charge in [0.2, 0.25) is 5.91 Å². The van der Waals surface area contributed by atoms with E-state index in [-0.39, 0.29) is 43.0 Å². The maximum atomic E-state index is 12.5. The van der Waals surface area contributed by atoms with Gasteiger partial charge < -0.3 is 25.1 Å². The van der Waals surface area contributed by atoms with Crippen LogP contribution in [0, 0.1) is 6.92 Å². The molecule has 1 atom stereocenters. The van der Waals surface area contributed by atoms with Crippen molar-refractivity contribution in [3.05, 3.63) is 59.0 Å². The van der Waals surface area contributed by atoms with Crippen LogP contribution in [0.4, 0.5) is 0 Å². The number of benzene rings is 1. The molecule has 0 bridgehead atoms. The highest BCUT2D eigenvalue weighted by atomic mass is 127. The lowest BCUT2D eigenvalue weighted by molar-refractivity contribution is -0.130. The van der Waals surface area contributed by atoms with E-state index >= 15 is 0 Å². The summed E-state index contributed by atoms with van der Waals surface area (Å²) in [6.07, 6.45) is 0.0930. The van der Waals surface area contributed by atoms with Crippen LogP contribution in [-0.4, -0.2) is 48.6 Å². The van der Waals surface area contributed by atoms with Gasteiger partial charge in [-0.05, 0) is 36.6 Å². The molecule has 2 heterocycles. The van der Waals surface area contributed by atoms with E-state index in [9.17, 15) is 9.90 Å². The van der Waals surface area contributed by atoms with E-state index in [1.807, 2.05) is 24.0 Å². The molecule has 0 aliphatic carbocycles. The summed E-state index contributed by atoms with van der Waals surface area (Å²) in [5.74, 6) is 1.73. The van der Waals surface area contributed by atoms with Crippen molar-refractivity contribution in [3.8, 4) is 0 Å². The molecule has 8 heteroatoms. The maximum Gasteiger partial charge on any atom is 0.242 e. The molecule has 1 unspecified atom stereocenters. The number of furan rings is 1. The molecule has 1 aromatic carbocycles. The average molecular weight is 498 g/mol. The smallest absolute Gasteiger partial charge is 0.242 e. The topological polar surface area (TPSA) is 90.1 Å². The highest BCUT2D eigenvalue weighted by Crippen LogP contribution is 2.18. The Balaban J connectivity index is 0.00000280. The molecule has 152 valence electrons. The number of aliphatic hydroxyl groups excluding tert-OH is 1. The molecule has 2 aromatic rings. The minimum atomic E-state index is -0.786. The van der Waals surface area contributed by atoms with Crippen molar-refractivity contribution >= 4 is 35.8 Å². The molecule has 28 heavy (non-hydrogen) atoms. The first-order chi connectivity index (χ1) is 13.1. The van der Waals surface area contributed by atoms with Gasteiger partial charge in [0, 0.05) is 20.1 Å². The summed E-state index contributed by atoms with van der Waals surface area (Å²) in [7, 11) is 1.63. The highest BCUT2D eigenvalue weighted by molar-refractivity contribution is 14.0. The van der Waals surface area contributed by atoms with Crippen LogP contribution in [0.1, 0.15) is 28.8 Å². The van der Waals surface area contributed by atoms with Crippen molar-refractivity contribution in [2.75, 3.05) is 26.7 Å². The molecule has 0 saturated heterocycles. The zero-order valence-electron chi connectivity index (χ0n) is 16.1. The van der Waals surface area contributed by atoms with Gasteiger partial charge in [0.15, 0.2) is 5.96 Å². The number of fused-ring (bicyclic) bond motifs is 1. The molecular weight excluding hydrogens is 471 g/mol. The van der Waals surface area contributed by atoms with Gasteiger partial charge >= 0.3 is 0 Å². The fourth-order valence-electron chi connectivity index (χ4n) is 3.13. The minimum Gasteiger partial charge on any atom is -0.464 e. The van der Waals surface area contributed by atoms with Crippen LogP contribution < -0.4 is 10.6 Å². The Bertz CT molecular complexity index is 821. The Morgan fingerprint density at radius 1 is 1.25 bits per heavy atom. The zero-order chi connectivity index (χ0) is 19.2. The maximum absolute atomic E-state index is 12.5. The molecule has 0 saturated carbocycles. The molecule has 1 aliphatic heterocycles. The molecule has 3 rings (SSSR count). The van der Waals surface area contributed by atoms with Gasteiger partial charge in [-0.1, -0.05) is 24.3 Å². The van der Waals surface area contributed by atoms with Gasteiger partial charge in [-0.2, -0.15) is 0 Å². The second-order valence-corrected chi connectivity index (χ2v) is 6.60. The summed E-state index contributed by atoms with van der Waals surface area (Å²) in [5.41, 5.74) is 2.52. The van der Waals surface area contributed by atoms with Crippen LogP contribution in [0.5, 0.6) is 0 Å². The third-order valence-electron chi connectivity index (χ3n) is 4.67. The van der Waals surface area contributed by atoms with Crippen molar-refractivity contribution in [2.45, 2.75) is 26.0 Å². The summed E-state index contributed by atoms with van der Waals surface area (Å²) in [4.78, 5) is 18.5. The Morgan fingerprint density at radius 3 is 2.68 bits per heavy atom. The number of aliphatic hydroxyl groups is 1. The zero-order valence-corrected chi connectivity index (χ0v) is 18.5. The van der Waals surface area contributed by atoms with Crippen molar-refractivity contribution in [1.29, 1.82) is 0 Å². The first-order valence-corrected chi connectivity index (χ1v) is 9.10. The van der Waals surface area contributed by atoms with E-state index in [0.29, 0.717) is 18.3 Å². The van der Waals surface area contributed by atoms with E-state index in [2.05, 4.69) is 27.8 Å². The van der Waals surface area contributed by atoms with Gasteiger partial charge in [0.05, 0.1) is 13.1 Å². The summed E-state index contributed by atoms with van der Waals surface area (Å²) in [6, 6.07) is 11.8. The molecular formula is C20H27IN4O3. The molecule has 1 amide bonds. The number of aryl methyl sites for hydroxylation is 1. The monoisotopic (exact) mass is 498 g/mol. The fourth-order valence-corrected chi connectivity index (χ4v) is 3.13. The second-order valence-electron chi connectivity index (χ2n) is 6.60. The number of nitrogens with zero attached hydrogens (tertiary/aromatic N) is 2. The summed E-state index contributed by atoms with van der Waals surface area (Å²) < 4.78 is 5.41. The largest absolute Gasteiger partial charge is 0.464 e.